The first-order valence-electron chi connectivity index (χ1n) is 9.74. The SMILES string of the molecule is COc1ccc(CNc2cc(-c3ccccc3)nc(NCc3cccnc3)n2)cc1. The molecule has 6 heteroatoms. The van der Waals surface area contributed by atoms with Gasteiger partial charge in [0.05, 0.1) is 12.8 Å². The summed E-state index contributed by atoms with van der Waals surface area (Å²) in [5, 5.41) is 6.71. The zero-order chi connectivity index (χ0) is 20.6. The summed E-state index contributed by atoms with van der Waals surface area (Å²) in [6.07, 6.45) is 3.59. The molecule has 0 aliphatic rings. The van der Waals surface area contributed by atoms with Crippen molar-refractivity contribution in [3.05, 3.63) is 96.3 Å². The fraction of sp³-hybridized carbons (Fsp3) is 0.125. The number of hydrogen-bond acceptors (Lipinski definition) is 6. The van der Waals surface area contributed by atoms with E-state index in [1.807, 2.05) is 79.0 Å². The summed E-state index contributed by atoms with van der Waals surface area (Å²) in [6, 6.07) is 24.0. The number of ether oxygens (including phenoxy) is 1. The molecular formula is C24H23N5O. The average Bonchev–Trinajstić information content (AvgIpc) is 2.83. The predicted octanol–water partition coefficient (Wildman–Crippen LogP) is 4.77. The van der Waals surface area contributed by atoms with Gasteiger partial charge in [-0.3, -0.25) is 4.98 Å². The van der Waals surface area contributed by atoms with E-state index < -0.39 is 0 Å². The standard InChI is InChI=1S/C24H23N5O/c1-30-21-11-9-18(10-12-21)16-26-23-14-22(20-7-3-2-4-8-20)28-24(29-23)27-17-19-6-5-13-25-15-19/h2-15H,16-17H2,1H3,(H2,26,27,28,29). The van der Waals surface area contributed by atoms with Gasteiger partial charge in [-0.1, -0.05) is 48.5 Å². The smallest absolute Gasteiger partial charge is 0.225 e. The Kier molecular flexibility index (Phi) is 6.15. The summed E-state index contributed by atoms with van der Waals surface area (Å²) in [5.74, 6) is 2.17. The Morgan fingerprint density at radius 1 is 0.800 bits per heavy atom. The predicted molar refractivity (Wildman–Crippen MR) is 119 cm³/mol. The lowest BCUT2D eigenvalue weighted by molar-refractivity contribution is 0.414. The molecule has 2 heterocycles. The van der Waals surface area contributed by atoms with Crippen molar-refractivity contribution in [3.8, 4) is 17.0 Å². The van der Waals surface area contributed by atoms with Crippen LogP contribution in [-0.2, 0) is 13.1 Å². The van der Waals surface area contributed by atoms with Crippen LogP contribution in [-0.4, -0.2) is 22.1 Å². The van der Waals surface area contributed by atoms with E-state index in [9.17, 15) is 0 Å². The third kappa shape index (κ3) is 5.11. The van der Waals surface area contributed by atoms with Crippen LogP contribution in [0.3, 0.4) is 0 Å². The average molecular weight is 397 g/mol. The highest BCUT2D eigenvalue weighted by molar-refractivity contribution is 5.64. The summed E-state index contributed by atoms with van der Waals surface area (Å²) in [5.41, 5.74) is 4.10. The Balaban J connectivity index is 1.54. The van der Waals surface area contributed by atoms with Gasteiger partial charge >= 0.3 is 0 Å². The van der Waals surface area contributed by atoms with Gasteiger partial charge in [0.25, 0.3) is 0 Å². The van der Waals surface area contributed by atoms with Crippen LogP contribution in [0.1, 0.15) is 11.1 Å². The van der Waals surface area contributed by atoms with Crippen LogP contribution in [0.4, 0.5) is 11.8 Å². The van der Waals surface area contributed by atoms with Gasteiger partial charge in [-0.05, 0) is 29.3 Å². The molecule has 0 fully saturated rings. The van der Waals surface area contributed by atoms with Crippen LogP contribution >= 0.6 is 0 Å². The molecular weight excluding hydrogens is 374 g/mol. The van der Waals surface area contributed by atoms with Crippen LogP contribution in [0, 0.1) is 0 Å². The van der Waals surface area contributed by atoms with Gasteiger partial charge in [0.15, 0.2) is 0 Å². The Bertz CT molecular complexity index is 1070. The third-order valence-corrected chi connectivity index (χ3v) is 4.60. The molecule has 0 saturated heterocycles. The molecule has 0 aliphatic heterocycles. The lowest BCUT2D eigenvalue weighted by atomic mass is 10.1. The van der Waals surface area contributed by atoms with Gasteiger partial charge in [0, 0.05) is 37.1 Å². The van der Waals surface area contributed by atoms with Crippen LogP contribution in [0.2, 0.25) is 0 Å². The van der Waals surface area contributed by atoms with Gasteiger partial charge in [-0.2, -0.15) is 4.98 Å². The maximum absolute atomic E-state index is 5.22. The Hall–Kier alpha value is -3.93. The second-order valence-electron chi connectivity index (χ2n) is 6.74. The first kappa shape index (κ1) is 19.4. The van der Waals surface area contributed by atoms with Crippen LogP contribution in [0.25, 0.3) is 11.3 Å². The normalized spacial score (nSPS) is 10.4. The third-order valence-electron chi connectivity index (χ3n) is 4.60. The highest BCUT2D eigenvalue weighted by Gasteiger charge is 2.07. The Labute approximate surface area is 176 Å². The zero-order valence-corrected chi connectivity index (χ0v) is 16.7. The first-order chi connectivity index (χ1) is 14.8. The van der Waals surface area contributed by atoms with Gasteiger partial charge in [0.2, 0.25) is 5.95 Å². The van der Waals surface area contributed by atoms with Crippen molar-refractivity contribution >= 4 is 11.8 Å². The molecule has 4 aromatic rings. The highest BCUT2D eigenvalue weighted by Crippen LogP contribution is 2.22. The monoisotopic (exact) mass is 397 g/mol. The van der Waals surface area contributed by atoms with Gasteiger partial charge in [-0.15, -0.1) is 0 Å². The van der Waals surface area contributed by atoms with Crippen LogP contribution in [0.15, 0.2) is 85.2 Å². The largest absolute Gasteiger partial charge is 0.497 e. The topological polar surface area (TPSA) is 72.0 Å². The van der Waals surface area contributed by atoms with E-state index in [4.69, 9.17) is 9.72 Å². The number of nitrogens with one attached hydrogen (secondary N) is 2. The number of hydrogen-bond donors (Lipinski definition) is 2. The van der Waals surface area contributed by atoms with Gasteiger partial charge < -0.3 is 15.4 Å². The number of aromatic nitrogens is 3. The summed E-state index contributed by atoms with van der Waals surface area (Å²) in [7, 11) is 1.67. The number of pyridine rings is 1. The summed E-state index contributed by atoms with van der Waals surface area (Å²) in [4.78, 5) is 13.5. The lowest BCUT2D eigenvalue weighted by Crippen LogP contribution is -2.08. The zero-order valence-electron chi connectivity index (χ0n) is 16.7. The number of rotatable bonds is 8. The Morgan fingerprint density at radius 3 is 2.33 bits per heavy atom. The van der Waals surface area contributed by atoms with E-state index in [0.29, 0.717) is 19.0 Å². The molecule has 6 nitrogen and oxygen atoms in total. The fourth-order valence-electron chi connectivity index (χ4n) is 2.99. The lowest BCUT2D eigenvalue weighted by Gasteiger charge is -2.12. The van der Waals surface area contributed by atoms with E-state index in [-0.39, 0.29) is 0 Å². The molecule has 0 spiro atoms. The highest BCUT2D eigenvalue weighted by atomic mass is 16.5. The molecule has 30 heavy (non-hydrogen) atoms. The van der Waals surface area contributed by atoms with E-state index in [1.54, 1.807) is 13.3 Å². The maximum atomic E-state index is 5.22. The molecule has 150 valence electrons. The number of anilines is 2. The maximum Gasteiger partial charge on any atom is 0.225 e. The van der Waals surface area contributed by atoms with Crippen LogP contribution < -0.4 is 15.4 Å². The molecule has 2 aromatic heterocycles. The van der Waals surface area contributed by atoms with Crippen molar-refractivity contribution in [1.82, 2.24) is 15.0 Å². The summed E-state index contributed by atoms with van der Waals surface area (Å²) < 4.78 is 5.22. The molecule has 0 bridgehead atoms. The number of nitrogens with zero attached hydrogens (tertiary/aromatic N) is 3. The minimum Gasteiger partial charge on any atom is -0.497 e. The Morgan fingerprint density at radius 2 is 1.60 bits per heavy atom. The van der Waals surface area contributed by atoms with Crippen molar-refractivity contribution in [1.29, 1.82) is 0 Å². The molecule has 4 rings (SSSR count). The van der Waals surface area contributed by atoms with E-state index >= 15 is 0 Å². The van der Waals surface area contributed by atoms with Crippen molar-refractivity contribution in [2.75, 3.05) is 17.7 Å². The van der Waals surface area contributed by atoms with Crippen LogP contribution in [0.5, 0.6) is 5.75 Å². The van der Waals surface area contributed by atoms with Crippen molar-refractivity contribution in [2.24, 2.45) is 0 Å². The minimum atomic E-state index is 0.567. The van der Waals surface area contributed by atoms with E-state index in [2.05, 4.69) is 20.6 Å². The second kappa shape index (κ2) is 9.52. The fourth-order valence-corrected chi connectivity index (χ4v) is 2.99. The van der Waals surface area contributed by atoms with Crippen molar-refractivity contribution in [2.45, 2.75) is 13.1 Å². The number of benzene rings is 2. The molecule has 0 saturated carbocycles. The molecule has 0 amide bonds. The second-order valence-corrected chi connectivity index (χ2v) is 6.74. The molecule has 0 unspecified atom stereocenters. The molecule has 0 aliphatic carbocycles. The van der Waals surface area contributed by atoms with Crippen molar-refractivity contribution < 1.29 is 4.74 Å². The minimum absolute atomic E-state index is 0.567. The quantitative estimate of drug-likeness (QED) is 0.446. The molecule has 2 aromatic carbocycles. The first-order valence-corrected chi connectivity index (χ1v) is 9.74. The molecule has 0 radical (unpaired) electrons. The molecule has 0 atom stereocenters. The van der Waals surface area contributed by atoms with Gasteiger partial charge in [0.1, 0.15) is 11.6 Å². The summed E-state index contributed by atoms with van der Waals surface area (Å²) in [6.45, 7) is 1.25. The number of methoxy groups -OCH3 is 1. The van der Waals surface area contributed by atoms with Crippen molar-refractivity contribution in [3.63, 3.8) is 0 Å². The molecule has 2 N–H and O–H groups in total. The van der Waals surface area contributed by atoms with E-state index in [1.165, 1.54) is 0 Å². The van der Waals surface area contributed by atoms with Gasteiger partial charge in [-0.25, -0.2) is 4.98 Å². The summed E-state index contributed by atoms with van der Waals surface area (Å²) >= 11 is 0. The van der Waals surface area contributed by atoms with E-state index in [0.717, 1.165) is 34.0 Å².